The Morgan fingerprint density at radius 2 is 1.78 bits per heavy atom. The molecule has 0 unspecified atom stereocenters. The predicted molar refractivity (Wildman–Crippen MR) is 169 cm³/mol. The molecule has 3 aliphatic carbocycles. The second-order valence-electron chi connectivity index (χ2n) is 13.2. The maximum atomic E-state index is 14.0. The van der Waals surface area contributed by atoms with E-state index in [-0.39, 0.29) is 37.0 Å². The van der Waals surface area contributed by atoms with Crippen LogP contribution in [0.4, 0.5) is 0 Å². The van der Waals surface area contributed by atoms with Gasteiger partial charge in [-0.25, -0.2) is 8.42 Å². The number of hydrogen-bond acceptors (Lipinski definition) is 9. The minimum Gasteiger partial charge on any atom is -0.481 e. The lowest BCUT2D eigenvalue weighted by atomic mass is 9.93. The second kappa shape index (κ2) is 12.3. The first-order valence-corrected chi connectivity index (χ1v) is 17.4. The van der Waals surface area contributed by atoms with Crippen molar-refractivity contribution in [1.29, 1.82) is 0 Å². The molecule has 2 heterocycles. The number of fused-ring (bicyclic) bond motifs is 2. The van der Waals surface area contributed by atoms with Crippen LogP contribution in [-0.2, 0) is 24.4 Å². The maximum Gasteiger partial charge on any atom is 0.259 e. The van der Waals surface area contributed by atoms with Gasteiger partial charge < -0.3 is 19.7 Å². The minimum atomic E-state index is -3.91. The van der Waals surface area contributed by atoms with Crippen molar-refractivity contribution >= 4 is 27.7 Å². The van der Waals surface area contributed by atoms with E-state index in [0.29, 0.717) is 31.1 Å². The van der Waals surface area contributed by atoms with Crippen LogP contribution in [0.25, 0.3) is 11.4 Å². The molecule has 3 saturated carbocycles. The molecule has 3 fully saturated rings. The Kier molecular flexibility index (Phi) is 8.55. The Morgan fingerprint density at radius 3 is 2.50 bits per heavy atom. The van der Waals surface area contributed by atoms with E-state index >= 15 is 0 Å². The lowest BCUT2D eigenvalue weighted by Gasteiger charge is -2.27. The van der Waals surface area contributed by atoms with Gasteiger partial charge in [-0.1, -0.05) is 42.5 Å². The Balaban J connectivity index is 1.26. The van der Waals surface area contributed by atoms with Gasteiger partial charge in [0.05, 0.1) is 29.8 Å². The molecular weight excluding hydrogens is 610 g/mol. The van der Waals surface area contributed by atoms with E-state index in [0.717, 1.165) is 24.8 Å². The number of allylic oxidation sites excluding steroid dienone is 1. The molecule has 2 aromatic rings. The largest absolute Gasteiger partial charge is 0.481 e. The van der Waals surface area contributed by atoms with Crippen LogP contribution in [0.5, 0.6) is 11.8 Å². The highest BCUT2D eigenvalue weighted by atomic mass is 32.2. The smallest absolute Gasteiger partial charge is 0.259 e. The molecule has 0 bridgehead atoms. The van der Waals surface area contributed by atoms with Crippen molar-refractivity contribution in [2.45, 2.75) is 74.7 Å². The number of aromatic nitrogens is 2. The quantitative estimate of drug-likeness (QED) is 0.430. The first-order valence-electron chi connectivity index (χ1n) is 15.9. The number of sulfonamides is 1. The second-order valence-corrected chi connectivity index (χ2v) is 15.4. The fourth-order valence-corrected chi connectivity index (χ4v) is 7.76. The predicted octanol–water partition coefficient (Wildman–Crippen LogP) is 3.00. The highest BCUT2D eigenvalue weighted by Crippen LogP contribution is 2.48. The van der Waals surface area contributed by atoms with Crippen molar-refractivity contribution < 1.29 is 32.3 Å². The fourth-order valence-electron chi connectivity index (χ4n) is 6.45. The maximum absolute atomic E-state index is 14.0. The third-order valence-electron chi connectivity index (χ3n) is 9.84. The summed E-state index contributed by atoms with van der Waals surface area (Å²) < 4.78 is 38.9. The number of carbonyl (C=O) groups is 3. The first kappa shape index (κ1) is 32.0. The molecule has 1 aromatic heterocycles. The molecule has 0 saturated heterocycles. The third-order valence-corrected chi connectivity index (χ3v) is 12.0. The van der Waals surface area contributed by atoms with Crippen molar-refractivity contribution in [2.24, 2.45) is 17.8 Å². The molecule has 0 radical (unpaired) electrons. The number of benzene rings is 1. The Morgan fingerprint density at radius 1 is 1.07 bits per heavy atom. The monoisotopic (exact) mass is 651 g/mol. The minimum absolute atomic E-state index is 0.167. The van der Waals surface area contributed by atoms with E-state index in [4.69, 9.17) is 9.47 Å². The summed E-state index contributed by atoms with van der Waals surface area (Å²) in [5, 5.41) is 2.92. The number of nitrogens with zero attached hydrogens (tertiary/aromatic N) is 3. The van der Waals surface area contributed by atoms with Gasteiger partial charge in [0.1, 0.15) is 11.6 Å². The molecule has 3 amide bonds. The molecule has 46 heavy (non-hydrogen) atoms. The standard InChI is InChI=1S/C33H41N5O7S/c1-32(14-15-32)46(42,43)37-31(41)33-20-22(33)13-9-4-5-10-16-38(2)30(40)25-18-23(17-24(25)29(39)36-33)45-27-19-26(44-3)34-28(35-27)21-11-7-6-8-12-21/h6-9,11-13,19,22-25H,4-5,10,14-18,20H2,1-3H3,(H,36,39)(H,37,41)/t22-,23-,24-,25-,33-/m1/s1. The van der Waals surface area contributed by atoms with Gasteiger partial charge in [-0.2, -0.15) is 9.97 Å². The Labute approximate surface area is 269 Å². The van der Waals surface area contributed by atoms with Crippen molar-refractivity contribution in [3.05, 3.63) is 48.6 Å². The molecule has 12 nitrogen and oxygen atoms in total. The summed E-state index contributed by atoms with van der Waals surface area (Å²) in [5.41, 5.74) is -0.629. The summed E-state index contributed by atoms with van der Waals surface area (Å²) in [6, 6.07) is 11.0. The average Bonchev–Trinajstić information content (AvgIpc) is 3.92. The number of amides is 3. The third kappa shape index (κ3) is 6.33. The number of hydrogen-bond donors (Lipinski definition) is 2. The lowest BCUT2D eigenvalue weighted by Crippen LogP contribution is -2.55. The number of carbonyl (C=O) groups excluding carboxylic acids is 3. The van der Waals surface area contributed by atoms with E-state index < -0.39 is 50.1 Å². The van der Waals surface area contributed by atoms with Crippen molar-refractivity contribution in [1.82, 2.24) is 24.9 Å². The van der Waals surface area contributed by atoms with Gasteiger partial charge in [0, 0.05) is 25.1 Å². The SMILES string of the molecule is COc1cc(O[C@@H]2C[C@H]3C(=O)N[C@]4(C(=O)NS(=O)(=O)C5(C)CC5)C[C@H]4C=CCCCCN(C)C(=O)[C@@H]3C2)nc(-c2ccccc2)n1. The van der Waals surface area contributed by atoms with Crippen LogP contribution in [0, 0.1) is 17.8 Å². The van der Waals surface area contributed by atoms with Crippen LogP contribution in [0.15, 0.2) is 48.6 Å². The first-order chi connectivity index (χ1) is 21.9. The summed E-state index contributed by atoms with van der Waals surface area (Å²) >= 11 is 0. The van der Waals surface area contributed by atoms with E-state index in [1.54, 1.807) is 24.9 Å². The van der Waals surface area contributed by atoms with Gasteiger partial charge in [-0.3, -0.25) is 19.1 Å². The molecule has 246 valence electrons. The fraction of sp³-hybridized carbons (Fsp3) is 0.545. The van der Waals surface area contributed by atoms with Gasteiger partial charge in [0.2, 0.25) is 33.6 Å². The summed E-state index contributed by atoms with van der Waals surface area (Å²) in [6.07, 6.45) is 7.42. The van der Waals surface area contributed by atoms with Crippen molar-refractivity contribution in [3.63, 3.8) is 0 Å². The van der Waals surface area contributed by atoms with Crippen LogP contribution in [0.3, 0.4) is 0 Å². The highest BCUT2D eigenvalue weighted by molar-refractivity contribution is 7.91. The van der Waals surface area contributed by atoms with Gasteiger partial charge in [-0.15, -0.1) is 0 Å². The molecular formula is C33H41N5O7S. The molecule has 1 aliphatic heterocycles. The Hall–Kier alpha value is -4.00. The van der Waals surface area contributed by atoms with Crippen molar-refractivity contribution in [2.75, 3.05) is 20.7 Å². The van der Waals surface area contributed by atoms with E-state index in [9.17, 15) is 22.8 Å². The van der Waals surface area contributed by atoms with Crippen LogP contribution in [0.2, 0.25) is 0 Å². The van der Waals surface area contributed by atoms with E-state index in [1.165, 1.54) is 7.11 Å². The van der Waals surface area contributed by atoms with Gasteiger partial charge >= 0.3 is 0 Å². The molecule has 6 rings (SSSR count). The van der Waals surface area contributed by atoms with E-state index in [1.807, 2.05) is 42.5 Å². The highest BCUT2D eigenvalue weighted by Gasteiger charge is 2.63. The number of nitrogens with one attached hydrogen (secondary N) is 2. The topological polar surface area (TPSA) is 157 Å². The van der Waals surface area contributed by atoms with E-state index in [2.05, 4.69) is 20.0 Å². The summed E-state index contributed by atoms with van der Waals surface area (Å²) in [6.45, 7) is 2.16. The van der Waals surface area contributed by atoms with Gasteiger partial charge in [0.25, 0.3) is 5.91 Å². The zero-order chi connectivity index (χ0) is 32.7. The van der Waals surface area contributed by atoms with Crippen LogP contribution < -0.4 is 19.5 Å². The molecule has 13 heteroatoms. The summed E-state index contributed by atoms with van der Waals surface area (Å²) in [4.78, 5) is 52.1. The molecule has 1 aromatic carbocycles. The number of ether oxygens (including phenoxy) is 2. The normalized spacial score (nSPS) is 29.1. The average molecular weight is 652 g/mol. The van der Waals surface area contributed by atoms with Crippen molar-refractivity contribution in [3.8, 4) is 23.1 Å². The summed E-state index contributed by atoms with van der Waals surface area (Å²) in [7, 11) is -0.669. The molecule has 5 atom stereocenters. The van der Waals surface area contributed by atoms with Gasteiger partial charge in [0.15, 0.2) is 5.82 Å². The summed E-state index contributed by atoms with van der Waals surface area (Å²) in [5.74, 6) is -2.24. The Bertz CT molecular complexity index is 1640. The number of rotatable bonds is 7. The zero-order valence-corrected chi connectivity index (χ0v) is 27.2. The van der Waals surface area contributed by atoms with Gasteiger partial charge in [-0.05, 0) is 58.3 Å². The van der Waals surface area contributed by atoms with Crippen LogP contribution in [0.1, 0.15) is 58.3 Å². The number of methoxy groups -OCH3 is 1. The zero-order valence-electron chi connectivity index (χ0n) is 26.4. The molecule has 4 aliphatic rings. The van der Waals surface area contributed by atoms with Crippen LogP contribution in [-0.4, -0.2) is 78.1 Å². The molecule has 0 spiro atoms. The lowest BCUT2D eigenvalue weighted by molar-refractivity contribution is -0.140. The molecule has 2 N–H and O–H groups in total. The van der Waals surface area contributed by atoms with Crippen LogP contribution >= 0.6 is 0 Å².